The van der Waals surface area contributed by atoms with Gasteiger partial charge >= 0.3 is 0 Å². The van der Waals surface area contributed by atoms with E-state index in [2.05, 4.69) is 15.0 Å². The van der Waals surface area contributed by atoms with Gasteiger partial charge in [-0.2, -0.15) is 0 Å². The number of alkyl halides is 2. The van der Waals surface area contributed by atoms with Gasteiger partial charge in [-0.25, -0.2) is 13.8 Å². The third kappa shape index (κ3) is 7.98. The molecule has 1 aliphatic heterocycles. The summed E-state index contributed by atoms with van der Waals surface area (Å²) in [7, 11) is 0. The summed E-state index contributed by atoms with van der Waals surface area (Å²) in [6, 6.07) is 5.34. The number of ketones is 1. The maximum Gasteiger partial charge on any atom is 0.272 e. The first kappa shape index (κ1) is 25.5. The van der Waals surface area contributed by atoms with Gasteiger partial charge in [0.25, 0.3) is 12.3 Å². The van der Waals surface area contributed by atoms with Crippen LogP contribution in [0.25, 0.3) is 0 Å². The molecule has 2 aromatic rings. The average molecular weight is 492 g/mol. The maximum atomic E-state index is 12.4. The van der Waals surface area contributed by atoms with Gasteiger partial charge in [0.05, 0.1) is 0 Å². The van der Waals surface area contributed by atoms with Crippen molar-refractivity contribution in [3.63, 3.8) is 0 Å². The number of hydrogen-bond donors (Lipinski definition) is 0. The first-order valence-electron chi connectivity index (χ1n) is 12.6. The Kier molecular flexibility index (Phi) is 9.06. The number of Topliss-reactive ketones (excluding diaryl/α,β-unsaturated/α-hetero) is 1. The number of halogens is 2. The molecule has 0 spiro atoms. The number of aromatic nitrogens is 2. The molecule has 0 saturated heterocycles. The van der Waals surface area contributed by atoms with Crippen LogP contribution in [-0.2, 0) is 17.6 Å². The Morgan fingerprint density at radius 2 is 1.89 bits per heavy atom. The third-order valence-electron chi connectivity index (χ3n) is 7.09. The highest BCUT2D eigenvalue weighted by atomic mass is 19.3. The zero-order valence-electron chi connectivity index (χ0n) is 20.4. The van der Waals surface area contributed by atoms with Crippen molar-refractivity contribution in [1.29, 1.82) is 0 Å². The van der Waals surface area contributed by atoms with E-state index in [1.807, 2.05) is 6.07 Å². The molecule has 4 rings (SSSR count). The van der Waals surface area contributed by atoms with E-state index in [1.54, 1.807) is 19.1 Å². The molecule has 0 N–H and O–H groups in total. The topological polar surface area (TPSA) is 77.7 Å². The highest BCUT2D eigenvalue weighted by Gasteiger charge is 2.24. The fourth-order valence-electron chi connectivity index (χ4n) is 5.10. The van der Waals surface area contributed by atoms with Gasteiger partial charge in [-0.1, -0.05) is 18.9 Å². The molecule has 3 heterocycles. The molecule has 0 bridgehead atoms. The van der Waals surface area contributed by atoms with Crippen LogP contribution in [0.2, 0.25) is 0 Å². The van der Waals surface area contributed by atoms with Crippen LogP contribution in [0.4, 0.5) is 8.78 Å². The van der Waals surface area contributed by atoms with Gasteiger partial charge in [-0.15, -0.1) is 0 Å². The van der Waals surface area contributed by atoms with E-state index >= 15 is 0 Å². The molecule has 0 amide bonds. The van der Waals surface area contributed by atoms with Gasteiger partial charge in [0.15, 0.2) is 12.4 Å². The van der Waals surface area contributed by atoms with Crippen molar-refractivity contribution in [1.82, 2.24) is 15.0 Å². The Balaban J connectivity index is 1.13. The minimum absolute atomic E-state index is 0.0535. The number of nitrogens with zero attached hydrogens (tertiary/aromatic N) is 3. The molecule has 35 heavy (non-hydrogen) atoms. The van der Waals surface area contributed by atoms with Crippen LogP contribution in [-0.4, -0.2) is 60.1 Å². The molecule has 7 nitrogen and oxygen atoms in total. The second kappa shape index (κ2) is 12.4. The van der Waals surface area contributed by atoms with Crippen molar-refractivity contribution in [2.45, 2.75) is 64.7 Å². The quantitative estimate of drug-likeness (QED) is 0.453. The summed E-state index contributed by atoms with van der Waals surface area (Å²) < 4.78 is 40.2. The highest BCUT2D eigenvalue weighted by Crippen LogP contribution is 2.33. The predicted octanol–water partition coefficient (Wildman–Crippen LogP) is 4.66. The molecule has 1 saturated carbocycles. The van der Waals surface area contributed by atoms with E-state index in [1.165, 1.54) is 24.8 Å². The fourth-order valence-corrected chi connectivity index (χ4v) is 5.10. The number of pyridine rings is 1. The smallest absolute Gasteiger partial charge is 0.272 e. The van der Waals surface area contributed by atoms with Gasteiger partial charge in [0, 0.05) is 43.8 Å². The van der Waals surface area contributed by atoms with Crippen LogP contribution in [0.3, 0.4) is 0 Å². The van der Waals surface area contributed by atoms with Crippen molar-refractivity contribution < 1.29 is 27.6 Å². The summed E-state index contributed by atoms with van der Waals surface area (Å²) in [6.45, 7) is 4.19. The van der Waals surface area contributed by atoms with E-state index in [0.717, 1.165) is 51.0 Å². The molecule has 192 valence electrons. The van der Waals surface area contributed by atoms with Crippen LogP contribution in [0.5, 0.6) is 11.8 Å². The maximum absolute atomic E-state index is 12.4. The standard InChI is InChI=1S/C26H35F2N3O4/c1-18-14-26(30-35-18)33-16-22(32)15-20-4-2-19(3-5-20)8-11-31-12-9-21-6-7-25(34-17-24(27)28)29-23(21)10-13-31/h6-7,14,19-20,24H,2-5,8-13,15-17H2,1H3. The second-order valence-corrected chi connectivity index (χ2v) is 9.78. The largest absolute Gasteiger partial charge is 0.472 e. The zero-order chi connectivity index (χ0) is 24.6. The first-order chi connectivity index (χ1) is 16.9. The molecular formula is C26H35F2N3O4. The van der Waals surface area contributed by atoms with E-state index in [9.17, 15) is 13.6 Å². The molecule has 2 aromatic heterocycles. The van der Waals surface area contributed by atoms with Gasteiger partial charge in [0.1, 0.15) is 12.4 Å². The molecular weight excluding hydrogens is 456 g/mol. The molecule has 0 atom stereocenters. The first-order valence-corrected chi connectivity index (χ1v) is 12.6. The lowest BCUT2D eigenvalue weighted by molar-refractivity contribution is -0.122. The van der Waals surface area contributed by atoms with E-state index in [-0.39, 0.29) is 18.3 Å². The summed E-state index contributed by atoms with van der Waals surface area (Å²) in [5.74, 6) is 2.59. The van der Waals surface area contributed by atoms with Crippen molar-refractivity contribution in [2.75, 3.05) is 32.8 Å². The molecule has 0 radical (unpaired) electrons. The minimum atomic E-state index is -2.50. The molecule has 1 aliphatic carbocycles. The van der Waals surface area contributed by atoms with Crippen LogP contribution in [0.15, 0.2) is 22.7 Å². The zero-order valence-corrected chi connectivity index (χ0v) is 20.4. The van der Waals surface area contributed by atoms with Crippen LogP contribution >= 0.6 is 0 Å². The van der Waals surface area contributed by atoms with E-state index < -0.39 is 13.0 Å². The van der Waals surface area contributed by atoms with Crippen LogP contribution < -0.4 is 9.47 Å². The molecule has 0 unspecified atom stereocenters. The summed E-state index contributed by atoms with van der Waals surface area (Å²) >= 11 is 0. The highest BCUT2D eigenvalue weighted by molar-refractivity contribution is 5.80. The summed E-state index contributed by atoms with van der Waals surface area (Å²) in [4.78, 5) is 19.2. The molecule has 9 heteroatoms. The SMILES string of the molecule is Cc1cc(OCC(=O)CC2CCC(CCN3CCc4ccc(OCC(F)F)nc4CC3)CC2)no1. The number of rotatable bonds is 11. The Bertz CT molecular complexity index is 960. The fraction of sp³-hybridized carbons (Fsp3) is 0.654. The van der Waals surface area contributed by atoms with Crippen molar-refractivity contribution >= 4 is 5.78 Å². The Labute approximate surface area is 205 Å². The normalized spacial score (nSPS) is 20.9. The van der Waals surface area contributed by atoms with Crippen molar-refractivity contribution in [2.24, 2.45) is 11.8 Å². The lowest BCUT2D eigenvalue weighted by atomic mass is 9.78. The number of aryl methyl sites for hydroxylation is 1. The average Bonchev–Trinajstić information content (AvgIpc) is 3.16. The number of carbonyl (C=O) groups excluding carboxylic acids is 1. The Hall–Kier alpha value is -2.55. The Morgan fingerprint density at radius 3 is 2.63 bits per heavy atom. The Morgan fingerprint density at radius 1 is 1.11 bits per heavy atom. The van der Waals surface area contributed by atoms with Gasteiger partial charge in [-0.05, 0) is 61.7 Å². The van der Waals surface area contributed by atoms with E-state index in [0.29, 0.717) is 29.9 Å². The van der Waals surface area contributed by atoms with Gasteiger partial charge in [0.2, 0.25) is 5.88 Å². The van der Waals surface area contributed by atoms with Crippen LogP contribution in [0, 0.1) is 18.8 Å². The number of carbonyl (C=O) groups is 1. The van der Waals surface area contributed by atoms with Gasteiger partial charge in [-0.3, -0.25) is 4.79 Å². The van der Waals surface area contributed by atoms with Crippen molar-refractivity contribution in [3.8, 4) is 11.8 Å². The molecule has 2 aliphatic rings. The van der Waals surface area contributed by atoms with E-state index in [4.69, 9.17) is 14.0 Å². The number of ether oxygens (including phenoxy) is 2. The van der Waals surface area contributed by atoms with Gasteiger partial charge < -0.3 is 18.9 Å². The number of hydrogen-bond acceptors (Lipinski definition) is 7. The van der Waals surface area contributed by atoms with Crippen molar-refractivity contribution in [3.05, 3.63) is 35.2 Å². The molecule has 0 aromatic carbocycles. The second-order valence-electron chi connectivity index (χ2n) is 9.78. The lowest BCUT2D eigenvalue weighted by Crippen LogP contribution is -2.30. The summed E-state index contributed by atoms with van der Waals surface area (Å²) in [5.41, 5.74) is 2.15. The monoisotopic (exact) mass is 491 g/mol. The lowest BCUT2D eigenvalue weighted by Gasteiger charge is -2.30. The predicted molar refractivity (Wildman–Crippen MR) is 126 cm³/mol. The minimum Gasteiger partial charge on any atom is -0.472 e. The summed E-state index contributed by atoms with van der Waals surface area (Å²) in [5, 5.41) is 3.75. The third-order valence-corrected chi connectivity index (χ3v) is 7.09. The summed E-state index contributed by atoms with van der Waals surface area (Å²) in [6.07, 6.45) is 5.50. The number of fused-ring (bicyclic) bond motifs is 1. The van der Waals surface area contributed by atoms with Crippen LogP contribution in [0.1, 0.15) is 55.5 Å². The molecule has 1 fully saturated rings.